The van der Waals surface area contributed by atoms with Crippen LogP contribution in [-0.2, 0) is 4.79 Å². The van der Waals surface area contributed by atoms with E-state index in [-0.39, 0.29) is 30.7 Å². The van der Waals surface area contributed by atoms with Crippen molar-refractivity contribution in [1.82, 2.24) is 15.3 Å². The van der Waals surface area contributed by atoms with Crippen LogP contribution in [0, 0.1) is 0 Å². The van der Waals surface area contributed by atoms with Crippen molar-refractivity contribution in [2.75, 3.05) is 27.3 Å². The summed E-state index contributed by atoms with van der Waals surface area (Å²) in [5.74, 6) is -1.24. The second-order valence-corrected chi connectivity index (χ2v) is 4.47. The molecule has 0 aliphatic carbocycles. The number of rotatable bonds is 5. The minimum Gasteiger partial charge on any atom is -0.481 e. The van der Waals surface area contributed by atoms with Crippen molar-refractivity contribution in [2.24, 2.45) is 0 Å². The largest absolute Gasteiger partial charge is 0.481 e. The maximum Gasteiger partial charge on any atom is 0.346 e. The topological polar surface area (TPSA) is 103 Å². The third-order valence-electron chi connectivity index (χ3n) is 3.16. The minimum atomic E-state index is -2.54. The van der Waals surface area contributed by atoms with E-state index in [4.69, 9.17) is 19.3 Å². The predicted molar refractivity (Wildman–Crippen MR) is 68.5 cm³/mol. The molecule has 2 heterocycles. The number of ether oxygens (including phenoxy) is 3. The lowest BCUT2D eigenvalue weighted by Gasteiger charge is -2.34. The molecule has 0 bridgehead atoms. The van der Waals surface area contributed by atoms with Gasteiger partial charge in [-0.05, 0) is 6.54 Å². The normalized spacial score (nSPS) is 25.2. The third kappa shape index (κ3) is 3.13. The van der Waals surface area contributed by atoms with Gasteiger partial charge in [0.1, 0.15) is 6.10 Å². The number of hydrogen-bond acceptors (Lipinski definition) is 7. The summed E-state index contributed by atoms with van der Waals surface area (Å²) in [6.07, 6.45) is -1.03. The lowest BCUT2D eigenvalue weighted by Crippen LogP contribution is -2.59. The van der Waals surface area contributed by atoms with Gasteiger partial charge < -0.3 is 24.6 Å². The fraction of sp³-hybridized carbons (Fsp3) is 0.583. The van der Waals surface area contributed by atoms with E-state index in [0.29, 0.717) is 6.54 Å². The summed E-state index contributed by atoms with van der Waals surface area (Å²) < 4.78 is 29.7. The van der Waals surface area contributed by atoms with Gasteiger partial charge in [-0.25, -0.2) is 9.18 Å². The second kappa shape index (κ2) is 6.08. The van der Waals surface area contributed by atoms with Crippen LogP contribution in [0.3, 0.4) is 0 Å². The molecule has 0 saturated carbocycles. The molecule has 0 aromatic carbocycles. The Hall–Kier alpha value is -2.16. The summed E-state index contributed by atoms with van der Waals surface area (Å²) in [6.45, 7) is 0.0961. The standard InChI is InChI=1S/C12H16FN3O5/c1-19-8-5-9(20-2)16-11(15-8)21-7-3-4-14-6-12(7,13)10(17)18/h5,7,14H,3-4,6H2,1-2H3,(H,17,18). The molecule has 21 heavy (non-hydrogen) atoms. The molecule has 1 aromatic rings. The Bertz CT molecular complexity index is 507. The van der Waals surface area contributed by atoms with Crippen molar-refractivity contribution in [3.63, 3.8) is 0 Å². The predicted octanol–water partition coefficient (Wildman–Crippen LogP) is 0.0274. The monoisotopic (exact) mass is 301 g/mol. The zero-order valence-corrected chi connectivity index (χ0v) is 11.6. The Labute approximate surface area is 120 Å². The minimum absolute atomic E-state index is 0.172. The molecular formula is C12H16FN3O5. The van der Waals surface area contributed by atoms with E-state index in [1.807, 2.05) is 0 Å². The summed E-state index contributed by atoms with van der Waals surface area (Å²) in [7, 11) is 2.79. The first-order valence-electron chi connectivity index (χ1n) is 6.26. The maximum atomic E-state index is 14.5. The highest BCUT2D eigenvalue weighted by atomic mass is 19.1. The second-order valence-electron chi connectivity index (χ2n) is 4.47. The number of nitrogens with zero attached hydrogens (tertiary/aromatic N) is 2. The van der Waals surface area contributed by atoms with E-state index in [0.717, 1.165) is 0 Å². The van der Waals surface area contributed by atoms with Gasteiger partial charge in [0.15, 0.2) is 0 Å². The molecule has 1 saturated heterocycles. The average Bonchev–Trinajstić information content (AvgIpc) is 2.49. The molecule has 116 valence electrons. The number of methoxy groups -OCH3 is 2. The van der Waals surface area contributed by atoms with Crippen molar-refractivity contribution in [2.45, 2.75) is 18.2 Å². The highest BCUT2D eigenvalue weighted by molar-refractivity contribution is 5.78. The van der Waals surface area contributed by atoms with Gasteiger partial charge in [0.05, 0.1) is 20.3 Å². The maximum absolute atomic E-state index is 14.5. The van der Waals surface area contributed by atoms with Gasteiger partial charge in [0.25, 0.3) is 5.67 Å². The first-order valence-corrected chi connectivity index (χ1v) is 6.26. The quantitative estimate of drug-likeness (QED) is 0.785. The lowest BCUT2D eigenvalue weighted by molar-refractivity contribution is -0.160. The molecule has 8 nitrogen and oxygen atoms in total. The third-order valence-corrected chi connectivity index (χ3v) is 3.16. The van der Waals surface area contributed by atoms with Crippen LogP contribution in [0.5, 0.6) is 17.8 Å². The fourth-order valence-corrected chi connectivity index (χ4v) is 1.98. The Morgan fingerprint density at radius 2 is 2.05 bits per heavy atom. The lowest BCUT2D eigenvalue weighted by atomic mass is 9.93. The molecule has 0 amide bonds. The smallest absolute Gasteiger partial charge is 0.346 e. The molecular weight excluding hydrogens is 285 g/mol. The van der Waals surface area contributed by atoms with Gasteiger partial charge in [0.2, 0.25) is 11.8 Å². The summed E-state index contributed by atoms with van der Waals surface area (Å²) in [6, 6.07) is 1.23. The van der Waals surface area contributed by atoms with E-state index in [1.54, 1.807) is 0 Å². The van der Waals surface area contributed by atoms with Crippen molar-refractivity contribution in [3.8, 4) is 17.8 Å². The van der Waals surface area contributed by atoms with E-state index >= 15 is 0 Å². The van der Waals surface area contributed by atoms with Crippen LogP contribution in [-0.4, -0.2) is 60.1 Å². The molecule has 2 atom stereocenters. The van der Waals surface area contributed by atoms with Crippen LogP contribution in [0.4, 0.5) is 4.39 Å². The van der Waals surface area contributed by atoms with Crippen molar-refractivity contribution < 1.29 is 28.5 Å². The molecule has 1 aliphatic rings. The van der Waals surface area contributed by atoms with Crippen LogP contribution in [0.25, 0.3) is 0 Å². The van der Waals surface area contributed by atoms with Gasteiger partial charge in [0, 0.05) is 13.0 Å². The van der Waals surface area contributed by atoms with E-state index in [1.165, 1.54) is 20.3 Å². The highest BCUT2D eigenvalue weighted by Crippen LogP contribution is 2.27. The number of carboxylic acid groups (broad SMARTS) is 1. The van der Waals surface area contributed by atoms with E-state index in [2.05, 4.69) is 15.3 Å². The number of hydrogen-bond donors (Lipinski definition) is 2. The van der Waals surface area contributed by atoms with Crippen LogP contribution in [0.2, 0.25) is 0 Å². The SMILES string of the molecule is COc1cc(OC)nc(OC2CCNCC2(F)C(=O)O)n1. The fourth-order valence-electron chi connectivity index (χ4n) is 1.98. The first kappa shape index (κ1) is 15.2. The number of alkyl halides is 1. The molecule has 0 spiro atoms. The number of aliphatic carboxylic acids is 1. The van der Waals surface area contributed by atoms with Crippen LogP contribution in [0.15, 0.2) is 6.07 Å². The van der Waals surface area contributed by atoms with Gasteiger partial charge in [-0.2, -0.15) is 9.97 Å². The van der Waals surface area contributed by atoms with Crippen molar-refractivity contribution in [3.05, 3.63) is 6.07 Å². The van der Waals surface area contributed by atoms with Crippen LogP contribution < -0.4 is 19.5 Å². The molecule has 0 radical (unpaired) electrons. The molecule has 1 fully saturated rings. The Morgan fingerprint density at radius 3 is 2.57 bits per heavy atom. The summed E-state index contributed by atoms with van der Waals surface area (Å²) in [5, 5.41) is 11.8. The summed E-state index contributed by atoms with van der Waals surface area (Å²) in [4.78, 5) is 18.9. The Kier molecular flexibility index (Phi) is 4.41. The zero-order chi connectivity index (χ0) is 15.5. The molecule has 2 N–H and O–H groups in total. The van der Waals surface area contributed by atoms with Gasteiger partial charge in [-0.15, -0.1) is 0 Å². The number of carbonyl (C=O) groups is 1. The molecule has 1 aliphatic heterocycles. The van der Waals surface area contributed by atoms with Crippen LogP contribution in [0.1, 0.15) is 6.42 Å². The van der Waals surface area contributed by atoms with E-state index < -0.39 is 17.7 Å². The molecule has 9 heteroatoms. The van der Waals surface area contributed by atoms with E-state index in [9.17, 15) is 9.18 Å². The van der Waals surface area contributed by atoms with Crippen LogP contribution >= 0.6 is 0 Å². The molecule has 2 rings (SSSR count). The Morgan fingerprint density at radius 1 is 1.43 bits per heavy atom. The number of carboxylic acids is 1. The zero-order valence-electron chi connectivity index (χ0n) is 11.6. The van der Waals surface area contributed by atoms with Gasteiger partial charge in [-0.1, -0.05) is 0 Å². The number of nitrogens with one attached hydrogen (secondary N) is 1. The highest BCUT2D eigenvalue weighted by Gasteiger charge is 2.50. The number of piperidine rings is 1. The van der Waals surface area contributed by atoms with Gasteiger partial charge in [-0.3, -0.25) is 0 Å². The first-order chi connectivity index (χ1) is 9.99. The average molecular weight is 301 g/mol. The summed E-state index contributed by atoms with van der Waals surface area (Å²) in [5.41, 5.74) is -2.54. The molecule has 1 aromatic heterocycles. The molecule has 2 unspecified atom stereocenters. The van der Waals surface area contributed by atoms with Crippen molar-refractivity contribution in [1.29, 1.82) is 0 Å². The Balaban J connectivity index is 2.25. The van der Waals surface area contributed by atoms with Crippen molar-refractivity contribution >= 4 is 5.97 Å². The number of halogens is 1. The number of aromatic nitrogens is 2. The van der Waals surface area contributed by atoms with Gasteiger partial charge >= 0.3 is 12.0 Å². The summed E-state index contributed by atoms with van der Waals surface area (Å²) >= 11 is 0.